The number of benzene rings is 1. The van der Waals surface area contributed by atoms with E-state index >= 15 is 0 Å². The molecule has 1 aromatic carbocycles. The van der Waals surface area contributed by atoms with Gasteiger partial charge >= 0.3 is 6.18 Å². The van der Waals surface area contributed by atoms with Gasteiger partial charge in [-0.3, -0.25) is 0 Å². The SMILES string of the molecule is FC(F)(F)CO/C=C/c1ccc(Cl)cc1. The lowest BCUT2D eigenvalue weighted by Gasteiger charge is -2.04. The van der Waals surface area contributed by atoms with Crippen LogP contribution in [0.5, 0.6) is 0 Å². The van der Waals surface area contributed by atoms with Crippen LogP contribution in [0.1, 0.15) is 5.56 Å². The Morgan fingerprint density at radius 1 is 1.20 bits per heavy atom. The molecule has 82 valence electrons. The van der Waals surface area contributed by atoms with E-state index in [2.05, 4.69) is 4.74 Å². The molecule has 1 rings (SSSR count). The van der Waals surface area contributed by atoms with E-state index in [4.69, 9.17) is 11.6 Å². The molecule has 0 amide bonds. The van der Waals surface area contributed by atoms with Crippen LogP contribution in [0, 0.1) is 0 Å². The maximum Gasteiger partial charge on any atom is 0.422 e. The Morgan fingerprint density at radius 2 is 1.80 bits per heavy atom. The van der Waals surface area contributed by atoms with Gasteiger partial charge in [-0.1, -0.05) is 23.7 Å². The first-order chi connectivity index (χ1) is 6.97. The van der Waals surface area contributed by atoms with Gasteiger partial charge in [0.1, 0.15) is 0 Å². The van der Waals surface area contributed by atoms with Crippen molar-refractivity contribution in [1.82, 2.24) is 0 Å². The Bertz CT molecular complexity index is 330. The van der Waals surface area contributed by atoms with Gasteiger partial charge in [0.05, 0.1) is 6.26 Å². The number of hydrogen-bond acceptors (Lipinski definition) is 1. The molecule has 0 aromatic heterocycles. The molecule has 5 heteroatoms. The minimum atomic E-state index is -4.30. The van der Waals surface area contributed by atoms with Crippen molar-refractivity contribution in [2.45, 2.75) is 6.18 Å². The fraction of sp³-hybridized carbons (Fsp3) is 0.200. The Morgan fingerprint density at radius 3 is 2.33 bits per heavy atom. The Labute approximate surface area is 90.1 Å². The third kappa shape index (κ3) is 5.32. The monoisotopic (exact) mass is 236 g/mol. The molecule has 15 heavy (non-hydrogen) atoms. The molecule has 0 bridgehead atoms. The molecule has 0 saturated heterocycles. The highest BCUT2D eigenvalue weighted by molar-refractivity contribution is 6.30. The van der Waals surface area contributed by atoms with Crippen LogP contribution in [0.2, 0.25) is 5.02 Å². The first-order valence-corrected chi connectivity index (χ1v) is 4.46. The van der Waals surface area contributed by atoms with Crippen molar-refractivity contribution in [2.24, 2.45) is 0 Å². The van der Waals surface area contributed by atoms with Crippen molar-refractivity contribution in [1.29, 1.82) is 0 Å². The van der Waals surface area contributed by atoms with Crippen LogP contribution < -0.4 is 0 Å². The van der Waals surface area contributed by atoms with Gasteiger partial charge in [-0.25, -0.2) is 0 Å². The Hall–Kier alpha value is -1.16. The maximum absolute atomic E-state index is 11.7. The summed E-state index contributed by atoms with van der Waals surface area (Å²) in [5.41, 5.74) is 0.724. The number of halogens is 4. The number of hydrogen-bond donors (Lipinski definition) is 0. The van der Waals surface area contributed by atoms with E-state index < -0.39 is 12.8 Å². The molecule has 0 radical (unpaired) electrons. The minimum absolute atomic E-state index is 0.573. The van der Waals surface area contributed by atoms with Crippen LogP contribution in [0.4, 0.5) is 13.2 Å². The average molecular weight is 237 g/mol. The predicted octanol–water partition coefficient (Wildman–Crippen LogP) is 3.89. The summed E-state index contributed by atoms with van der Waals surface area (Å²) >= 11 is 5.63. The lowest BCUT2D eigenvalue weighted by atomic mass is 10.2. The number of alkyl halides is 3. The lowest BCUT2D eigenvalue weighted by molar-refractivity contribution is -0.161. The third-order valence-electron chi connectivity index (χ3n) is 1.47. The molecule has 0 unspecified atom stereocenters. The highest BCUT2D eigenvalue weighted by Crippen LogP contribution is 2.15. The second-order valence-electron chi connectivity index (χ2n) is 2.78. The van der Waals surface area contributed by atoms with Crippen LogP contribution >= 0.6 is 11.6 Å². The molecule has 0 N–H and O–H groups in total. The molecule has 0 fully saturated rings. The molecule has 0 aliphatic heterocycles. The van der Waals surface area contributed by atoms with E-state index in [0.29, 0.717) is 5.02 Å². The zero-order chi connectivity index (χ0) is 11.3. The lowest BCUT2D eigenvalue weighted by Crippen LogP contribution is -2.14. The van der Waals surface area contributed by atoms with Crippen LogP contribution in [-0.4, -0.2) is 12.8 Å². The smallest absolute Gasteiger partial charge is 0.422 e. The summed E-state index contributed by atoms with van der Waals surface area (Å²) in [4.78, 5) is 0. The van der Waals surface area contributed by atoms with Gasteiger partial charge in [-0.05, 0) is 23.8 Å². The molecule has 0 heterocycles. The third-order valence-corrected chi connectivity index (χ3v) is 1.73. The fourth-order valence-corrected chi connectivity index (χ4v) is 0.969. The molecular weight excluding hydrogens is 229 g/mol. The van der Waals surface area contributed by atoms with Crippen LogP contribution in [0.15, 0.2) is 30.5 Å². The standard InChI is InChI=1S/C10H8ClF3O/c11-9-3-1-8(2-4-9)5-6-15-7-10(12,13)14/h1-6H,7H2/b6-5+. The number of ether oxygens (including phenoxy) is 1. The zero-order valence-electron chi connectivity index (χ0n) is 7.59. The summed E-state index contributed by atoms with van der Waals surface area (Å²) < 4.78 is 39.3. The molecule has 0 atom stereocenters. The summed E-state index contributed by atoms with van der Waals surface area (Å²) in [5.74, 6) is 0. The molecule has 1 aromatic rings. The molecule has 1 nitrogen and oxygen atoms in total. The molecule has 0 aliphatic rings. The van der Waals surface area contributed by atoms with Crippen molar-refractivity contribution >= 4 is 17.7 Å². The summed E-state index contributed by atoms with van der Waals surface area (Å²) in [5, 5.41) is 0.573. The van der Waals surface area contributed by atoms with Crippen molar-refractivity contribution < 1.29 is 17.9 Å². The van der Waals surface area contributed by atoms with Gasteiger partial charge in [-0.2, -0.15) is 13.2 Å². The van der Waals surface area contributed by atoms with Crippen molar-refractivity contribution in [3.63, 3.8) is 0 Å². The van der Waals surface area contributed by atoms with Gasteiger partial charge in [0, 0.05) is 5.02 Å². The normalized spacial score (nSPS) is 12.0. The van der Waals surface area contributed by atoms with E-state index in [-0.39, 0.29) is 0 Å². The van der Waals surface area contributed by atoms with Crippen LogP contribution in [0.3, 0.4) is 0 Å². The topological polar surface area (TPSA) is 9.23 Å². The fourth-order valence-electron chi connectivity index (χ4n) is 0.843. The van der Waals surface area contributed by atoms with E-state index in [1.165, 1.54) is 6.08 Å². The highest BCUT2D eigenvalue weighted by Gasteiger charge is 2.27. The quantitative estimate of drug-likeness (QED) is 0.724. The summed E-state index contributed by atoms with van der Waals surface area (Å²) in [7, 11) is 0. The predicted molar refractivity (Wildman–Crippen MR) is 52.5 cm³/mol. The second-order valence-corrected chi connectivity index (χ2v) is 3.22. The molecular formula is C10H8ClF3O. The Kier molecular flexibility index (Phi) is 4.03. The summed E-state index contributed by atoms with van der Waals surface area (Å²) in [6.45, 7) is -1.28. The highest BCUT2D eigenvalue weighted by atomic mass is 35.5. The van der Waals surface area contributed by atoms with E-state index in [9.17, 15) is 13.2 Å². The van der Waals surface area contributed by atoms with Gasteiger partial charge in [0.25, 0.3) is 0 Å². The first-order valence-electron chi connectivity index (χ1n) is 4.08. The second kappa shape index (κ2) is 5.07. The number of rotatable bonds is 3. The van der Waals surface area contributed by atoms with Gasteiger partial charge in [0.15, 0.2) is 6.61 Å². The van der Waals surface area contributed by atoms with Crippen molar-refractivity contribution in [3.8, 4) is 0 Å². The first kappa shape index (κ1) is 11.9. The minimum Gasteiger partial charge on any atom is -0.492 e. The van der Waals surface area contributed by atoms with Crippen molar-refractivity contribution in [3.05, 3.63) is 41.1 Å². The Balaban J connectivity index is 2.42. The molecule has 0 saturated carbocycles. The van der Waals surface area contributed by atoms with E-state index in [1.807, 2.05) is 0 Å². The van der Waals surface area contributed by atoms with E-state index in [1.54, 1.807) is 24.3 Å². The zero-order valence-corrected chi connectivity index (χ0v) is 8.35. The summed E-state index contributed by atoms with van der Waals surface area (Å²) in [6.07, 6.45) is -1.86. The van der Waals surface area contributed by atoms with Gasteiger partial charge < -0.3 is 4.74 Å². The molecule has 0 spiro atoms. The van der Waals surface area contributed by atoms with Crippen LogP contribution in [0.25, 0.3) is 6.08 Å². The molecule has 0 aliphatic carbocycles. The van der Waals surface area contributed by atoms with Crippen molar-refractivity contribution in [2.75, 3.05) is 6.61 Å². The van der Waals surface area contributed by atoms with Gasteiger partial charge in [0.2, 0.25) is 0 Å². The average Bonchev–Trinajstić information content (AvgIpc) is 2.14. The largest absolute Gasteiger partial charge is 0.492 e. The summed E-state index contributed by atoms with van der Waals surface area (Å²) in [6, 6.07) is 6.64. The van der Waals surface area contributed by atoms with Crippen LogP contribution in [-0.2, 0) is 4.74 Å². The van der Waals surface area contributed by atoms with E-state index in [0.717, 1.165) is 11.8 Å². The van der Waals surface area contributed by atoms with Gasteiger partial charge in [-0.15, -0.1) is 0 Å². The maximum atomic E-state index is 11.7.